The first-order valence-corrected chi connectivity index (χ1v) is 16.8. The lowest BCUT2D eigenvalue weighted by Crippen LogP contribution is -2.54. The molecule has 0 aliphatic rings. The standard InChI is InChI=1S/C37H43N3O4S/c1-6-30(5)38-37(42)35(24-31-15-9-7-10-16-31)39(25-32-17-13-14-27(2)21-32)36(41)26-40(33-22-28(3)20-29(4)23-33)45(43,44)34-18-11-8-12-19-34/h7-23,30,35H,6,24-26H2,1-5H3,(H,38,42)/t30-,35+/m1/s1. The van der Waals surface area contributed by atoms with Crippen molar-refractivity contribution in [2.75, 3.05) is 10.8 Å². The topological polar surface area (TPSA) is 86.8 Å². The van der Waals surface area contributed by atoms with Crippen molar-refractivity contribution >= 4 is 27.5 Å². The Balaban J connectivity index is 1.83. The minimum Gasteiger partial charge on any atom is -0.352 e. The van der Waals surface area contributed by atoms with E-state index < -0.39 is 28.5 Å². The van der Waals surface area contributed by atoms with Gasteiger partial charge in [0, 0.05) is 19.0 Å². The molecule has 236 valence electrons. The van der Waals surface area contributed by atoms with Crippen LogP contribution in [0.2, 0.25) is 0 Å². The zero-order valence-electron chi connectivity index (χ0n) is 26.7. The van der Waals surface area contributed by atoms with Crippen LogP contribution in [0.1, 0.15) is 48.1 Å². The number of benzene rings is 4. The van der Waals surface area contributed by atoms with Crippen LogP contribution in [0.15, 0.2) is 108 Å². The predicted molar refractivity (Wildman–Crippen MR) is 180 cm³/mol. The van der Waals surface area contributed by atoms with Crippen LogP contribution in [-0.2, 0) is 32.6 Å². The molecule has 1 N–H and O–H groups in total. The van der Waals surface area contributed by atoms with Gasteiger partial charge in [0.1, 0.15) is 12.6 Å². The number of hydrogen-bond acceptors (Lipinski definition) is 4. The Morgan fingerprint density at radius 2 is 1.36 bits per heavy atom. The number of nitrogens with one attached hydrogen (secondary N) is 1. The summed E-state index contributed by atoms with van der Waals surface area (Å²) in [5.74, 6) is -0.756. The van der Waals surface area contributed by atoms with E-state index in [4.69, 9.17) is 0 Å². The summed E-state index contributed by atoms with van der Waals surface area (Å²) >= 11 is 0. The normalized spacial score (nSPS) is 12.6. The summed E-state index contributed by atoms with van der Waals surface area (Å²) in [4.78, 5) is 30.2. The van der Waals surface area contributed by atoms with Crippen molar-refractivity contribution in [1.82, 2.24) is 10.2 Å². The van der Waals surface area contributed by atoms with Gasteiger partial charge in [0.15, 0.2) is 0 Å². The Hall–Kier alpha value is -4.43. The third-order valence-corrected chi connectivity index (χ3v) is 9.60. The van der Waals surface area contributed by atoms with Crippen LogP contribution in [-0.4, -0.2) is 43.8 Å². The molecule has 0 aromatic heterocycles. The van der Waals surface area contributed by atoms with Crippen LogP contribution in [0.25, 0.3) is 0 Å². The fourth-order valence-electron chi connectivity index (χ4n) is 5.35. The SMILES string of the molecule is CC[C@@H](C)NC(=O)[C@H](Cc1ccccc1)N(Cc1cccc(C)c1)C(=O)CN(c1cc(C)cc(C)c1)S(=O)(=O)c1ccccc1. The molecule has 0 radical (unpaired) electrons. The van der Waals surface area contributed by atoms with Gasteiger partial charge in [-0.25, -0.2) is 8.42 Å². The maximum atomic E-state index is 14.6. The van der Waals surface area contributed by atoms with Gasteiger partial charge in [-0.2, -0.15) is 0 Å². The molecule has 4 aromatic rings. The van der Waals surface area contributed by atoms with Gasteiger partial charge in [0.05, 0.1) is 10.6 Å². The molecule has 0 saturated carbocycles. The highest BCUT2D eigenvalue weighted by molar-refractivity contribution is 7.92. The molecule has 0 spiro atoms. The second kappa shape index (κ2) is 15.0. The Morgan fingerprint density at radius 3 is 1.96 bits per heavy atom. The van der Waals surface area contributed by atoms with Gasteiger partial charge in [0.25, 0.3) is 10.0 Å². The van der Waals surface area contributed by atoms with Crippen molar-refractivity contribution in [2.24, 2.45) is 0 Å². The molecular formula is C37H43N3O4S. The summed E-state index contributed by atoms with van der Waals surface area (Å²) in [5, 5.41) is 3.07. The highest BCUT2D eigenvalue weighted by Gasteiger charge is 2.35. The van der Waals surface area contributed by atoms with E-state index in [1.807, 2.05) is 95.3 Å². The highest BCUT2D eigenvalue weighted by Crippen LogP contribution is 2.27. The number of carbonyl (C=O) groups excluding carboxylic acids is 2. The van der Waals surface area contributed by atoms with Crippen LogP contribution in [0, 0.1) is 20.8 Å². The summed E-state index contributed by atoms with van der Waals surface area (Å²) in [6.45, 7) is 9.34. The number of sulfonamides is 1. The van der Waals surface area contributed by atoms with Gasteiger partial charge in [0.2, 0.25) is 11.8 Å². The van der Waals surface area contributed by atoms with Crippen molar-refractivity contribution in [2.45, 2.75) is 71.0 Å². The summed E-state index contributed by atoms with van der Waals surface area (Å²) in [5.41, 5.74) is 4.90. The number of amides is 2. The Bertz CT molecular complexity index is 1690. The second-order valence-electron chi connectivity index (χ2n) is 11.7. The maximum absolute atomic E-state index is 14.6. The average molecular weight is 626 g/mol. The molecule has 0 aliphatic carbocycles. The van der Waals surface area contributed by atoms with E-state index >= 15 is 0 Å². The van der Waals surface area contributed by atoms with E-state index in [1.54, 1.807) is 30.3 Å². The van der Waals surface area contributed by atoms with E-state index in [-0.39, 0.29) is 29.8 Å². The smallest absolute Gasteiger partial charge is 0.264 e. The van der Waals surface area contributed by atoms with Crippen molar-refractivity contribution < 1.29 is 18.0 Å². The first-order chi connectivity index (χ1) is 21.5. The lowest BCUT2D eigenvalue weighted by Gasteiger charge is -2.34. The van der Waals surface area contributed by atoms with Crippen molar-refractivity contribution in [3.8, 4) is 0 Å². The minimum atomic E-state index is -4.14. The first kappa shape index (κ1) is 33.5. The van der Waals surface area contributed by atoms with Crippen molar-refractivity contribution in [3.63, 3.8) is 0 Å². The summed E-state index contributed by atoms with van der Waals surface area (Å²) < 4.78 is 29.5. The van der Waals surface area contributed by atoms with Crippen LogP contribution in [0.4, 0.5) is 5.69 Å². The monoisotopic (exact) mass is 625 g/mol. The fraction of sp³-hybridized carbons (Fsp3) is 0.297. The van der Waals surface area contributed by atoms with Gasteiger partial charge in [-0.3, -0.25) is 13.9 Å². The van der Waals surface area contributed by atoms with Crippen LogP contribution < -0.4 is 9.62 Å². The molecule has 0 saturated heterocycles. The molecule has 0 aliphatic heterocycles. The zero-order chi connectivity index (χ0) is 32.6. The van der Waals surface area contributed by atoms with Gasteiger partial charge in [-0.1, -0.05) is 91.3 Å². The largest absolute Gasteiger partial charge is 0.352 e. The molecule has 7 nitrogen and oxygen atoms in total. The number of hydrogen-bond donors (Lipinski definition) is 1. The maximum Gasteiger partial charge on any atom is 0.264 e. The lowest BCUT2D eigenvalue weighted by molar-refractivity contribution is -0.140. The Morgan fingerprint density at radius 1 is 0.756 bits per heavy atom. The molecule has 0 unspecified atom stereocenters. The molecule has 0 heterocycles. The van der Waals surface area contributed by atoms with E-state index in [0.717, 1.165) is 34.2 Å². The molecule has 8 heteroatoms. The molecule has 0 bridgehead atoms. The third-order valence-electron chi connectivity index (χ3n) is 7.81. The number of carbonyl (C=O) groups is 2. The predicted octanol–water partition coefficient (Wildman–Crippen LogP) is 6.36. The summed E-state index contributed by atoms with van der Waals surface area (Å²) in [6, 6.07) is 30.0. The van der Waals surface area contributed by atoms with Gasteiger partial charge < -0.3 is 10.2 Å². The fourth-order valence-corrected chi connectivity index (χ4v) is 6.76. The number of nitrogens with zero attached hydrogens (tertiary/aromatic N) is 2. The lowest BCUT2D eigenvalue weighted by atomic mass is 10.0. The molecule has 45 heavy (non-hydrogen) atoms. The second-order valence-corrected chi connectivity index (χ2v) is 13.6. The van der Waals surface area contributed by atoms with Crippen molar-refractivity contribution in [1.29, 1.82) is 0 Å². The van der Waals surface area contributed by atoms with E-state index in [2.05, 4.69) is 5.32 Å². The van der Waals surface area contributed by atoms with E-state index in [0.29, 0.717) is 5.69 Å². The molecule has 4 rings (SSSR count). The summed E-state index contributed by atoms with van der Waals surface area (Å²) in [7, 11) is -4.14. The molecular weight excluding hydrogens is 582 g/mol. The van der Waals surface area contributed by atoms with Crippen LogP contribution in [0.3, 0.4) is 0 Å². The van der Waals surface area contributed by atoms with E-state index in [9.17, 15) is 18.0 Å². The van der Waals surface area contributed by atoms with Crippen molar-refractivity contribution in [3.05, 3.63) is 131 Å². The average Bonchev–Trinajstić information content (AvgIpc) is 3.01. The van der Waals surface area contributed by atoms with Gasteiger partial charge in [-0.05, 0) is 80.6 Å². The zero-order valence-corrected chi connectivity index (χ0v) is 27.6. The molecule has 0 fully saturated rings. The van der Waals surface area contributed by atoms with Gasteiger partial charge in [-0.15, -0.1) is 0 Å². The Labute approximate surface area is 268 Å². The minimum absolute atomic E-state index is 0.0811. The first-order valence-electron chi connectivity index (χ1n) is 15.3. The molecule has 2 amide bonds. The van der Waals surface area contributed by atoms with E-state index in [1.165, 1.54) is 21.3 Å². The summed E-state index contributed by atoms with van der Waals surface area (Å²) in [6.07, 6.45) is 1.00. The third kappa shape index (κ3) is 8.82. The van der Waals surface area contributed by atoms with Gasteiger partial charge >= 0.3 is 0 Å². The molecule has 4 aromatic carbocycles. The highest BCUT2D eigenvalue weighted by atomic mass is 32.2. The van der Waals surface area contributed by atoms with Crippen LogP contribution >= 0.6 is 0 Å². The number of anilines is 1. The number of rotatable bonds is 13. The molecule has 2 atom stereocenters. The number of aryl methyl sites for hydroxylation is 3. The van der Waals surface area contributed by atoms with Crippen LogP contribution in [0.5, 0.6) is 0 Å². The Kier molecular flexibility index (Phi) is 11.2. The quantitative estimate of drug-likeness (QED) is 0.187.